The molecule has 0 saturated carbocycles. The van der Waals surface area contributed by atoms with Crippen LogP contribution in [0.2, 0.25) is 0 Å². The van der Waals surface area contributed by atoms with Crippen molar-refractivity contribution in [2.24, 2.45) is 0 Å². The predicted molar refractivity (Wildman–Crippen MR) is 98.3 cm³/mol. The number of rotatable bonds is 5. The third-order valence-corrected chi connectivity index (χ3v) is 7.49. The summed E-state index contributed by atoms with van der Waals surface area (Å²) in [5.74, 6) is 0.606. The van der Waals surface area contributed by atoms with Crippen LogP contribution in [0.3, 0.4) is 0 Å². The van der Waals surface area contributed by atoms with E-state index >= 15 is 0 Å². The molecule has 25 heavy (non-hydrogen) atoms. The van der Waals surface area contributed by atoms with Crippen molar-refractivity contribution in [3.8, 4) is 5.75 Å². The lowest BCUT2D eigenvalue weighted by Gasteiger charge is -2.33. The van der Waals surface area contributed by atoms with Gasteiger partial charge in [-0.3, -0.25) is 4.31 Å². The van der Waals surface area contributed by atoms with Crippen molar-refractivity contribution in [3.63, 3.8) is 0 Å². The molecule has 1 unspecified atom stereocenters. The van der Waals surface area contributed by atoms with E-state index in [1.807, 2.05) is 0 Å². The Morgan fingerprint density at radius 3 is 2.36 bits per heavy atom. The smallest absolute Gasteiger partial charge is 0.264 e. The minimum absolute atomic E-state index is 0.242. The molecule has 1 aromatic carbocycles. The molecular formula is C17H25NO5S2. The highest BCUT2D eigenvalue weighted by molar-refractivity contribution is 7.89. The number of hydrogen-bond acceptors (Lipinski definition) is 4. The van der Waals surface area contributed by atoms with Crippen molar-refractivity contribution in [2.45, 2.75) is 51.3 Å². The highest BCUT2D eigenvalue weighted by Crippen LogP contribution is 2.35. The molecule has 0 radical (unpaired) electrons. The zero-order valence-electron chi connectivity index (χ0n) is 15.0. The van der Waals surface area contributed by atoms with E-state index in [1.54, 1.807) is 32.9 Å². The van der Waals surface area contributed by atoms with Crippen LogP contribution in [0.15, 0.2) is 27.6 Å². The van der Waals surface area contributed by atoms with Gasteiger partial charge in [0.05, 0.1) is 16.9 Å². The van der Waals surface area contributed by atoms with E-state index in [2.05, 4.69) is 0 Å². The zero-order valence-corrected chi connectivity index (χ0v) is 16.7. The molecule has 0 bridgehead atoms. The van der Waals surface area contributed by atoms with E-state index in [9.17, 15) is 17.2 Å². The van der Waals surface area contributed by atoms with Crippen LogP contribution < -0.4 is 4.74 Å². The number of benzene rings is 1. The van der Waals surface area contributed by atoms with Gasteiger partial charge in [0.1, 0.15) is 5.75 Å². The number of allylic oxidation sites excluding steroid dienone is 2. The summed E-state index contributed by atoms with van der Waals surface area (Å²) < 4.78 is 54.5. The average molecular weight is 388 g/mol. The molecule has 8 heteroatoms. The van der Waals surface area contributed by atoms with Crippen molar-refractivity contribution >= 4 is 21.1 Å². The van der Waals surface area contributed by atoms with Gasteiger partial charge in [0, 0.05) is 12.2 Å². The quantitative estimate of drug-likeness (QED) is 0.784. The summed E-state index contributed by atoms with van der Waals surface area (Å²) in [4.78, 5) is 0.527. The number of piperidine rings is 1. The molecule has 1 aliphatic rings. The van der Waals surface area contributed by atoms with Crippen LogP contribution in [0, 0.1) is 13.8 Å². The molecule has 0 spiro atoms. The van der Waals surface area contributed by atoms with Gasteiger partial charge < -0.3 is 9.29 Å². The van der Waals surface area contributed by atoms with E-state index in [-0.39, 0.29) is 9.80 Å². The van der Waals surface area contributed by atoms with Crippen molar-refractivity contribution in [1.29, 1.82) is 0 Å². The molecule has 0 aliphatic carbocycles. The van der Waals surface area contributed by atoms with Gasteiger partial charge in [0.15, 0.2) is 11.1 Å². The van der Waals surface area contributed by atoms with Gasteiger partial charge in [0.25, 0.3) is 10.0 Å². The van der Waals surface area contributed by atoms with E-state index in [0.29, 0.717) is 42.0 Å². The van der Waals surface area contributed by atoms with Crippen LogP contribution in [0.25, 0.3) is 0 Å². The molecule has 0 amide bonds. The van der Waals surface area contributed by atoms with Crippen LogP contribution in [0.4, 0.5) is 0 Å². The minimum atomic E-state index is -3.81. The topological polar surface area (TPSA) is 83.9 Å². The summed E-state index contributed by atoms with van der Waals surface area (Å²) in [5.41, 5.74) is 1.67. The fourth-order valence-electron chi connectivity index (χ4n) is 3.33. The fraction of sp³-hybridized carbons (Fsp3) is 0.529. The predicted octanol–water partition coefficient (Wildman–Crippen LogP) is 3.33. The Hall–Kier alpha value is -1.38. The highest BCUT2D eigenvalue weighted by atomic mass is 32.2. The van der Waals surface area contributed by atoms with Gasteiger partial charge in [-0.1, -0.05) is 6.92 Å². The second-order valence-corrected chi connectivity index (χ2v) is 8.89. The Bertz CT molecular complexity index is 791. The summed E-state index contributed by atoms with van der Waals surface area (Å²) in [5, 5.41) is 0. The molecule has 140 valence electrons. The van der Waals surface area contributed by atoms with Crippen LogP contribution in [0.1, 0.15) is 43.7 Å². The number of ether oxygens (including phenoxy) is 1. The summed E-state index contributed by atoms with van der Waals surface area (Å²) in [6.07, 6.45) is 2.36. The third-order valence-electron chi connectivity index (χ3n) is 4.40. The highest BCUT2D eigenvalue weighted by Gasteiger charge is 2.33. The minimum Gasteiger partial charge on any atom is -0.497 e. The van der Waals surface area contributed by atoms with Crippen LogP contribution >= 0.6 is 0 Å². The second kappa shape index (κ2) is 7.88. The molecule has 1 heterocycles. The zero-order chi connectivity index (χ0) is 18.8. The van der Waals surface area contributed by atoms with E-state index in [4.69, 9.17) is 4.74 Å². The molecule has 1 fully saturated rings. The SMILES string of the molecule is CCC(=C1CCCCN1S(=O)(=O)c1c(C)cc(OC)cc1C)S(=O)O. The van der Waals surface area contributed by atoms with Crippen molar-refractivity contribution in [2.75, 3.05) is 13.7 Å². The molecular weight excluding hydrogens is 362 g/mol. The first-order valence-electron chi connectivity index (χ1n) is 8.24. The molecule has 2 rings (SSSR count). The molecule has 1 aromatic rings. The van der Waals surface area contributed by atoms with Gasteiger partial charge in [-0.2, -0.15) is 0 Å². The maximum atomic E-state index is 13.4. The molecule has 1 N–H and O–H groups in total. The first-order chi connectivity index (χ1) is 11.7. The lowest BCUT2D eigenvalue weighted by molar-refractivity contribution is 0.403. The van der Waals surface area contributed by atoms with Crippen molar-refractivity contribution in [3.05, 3.63) is 33.9 Å². The lowest BCUT2D eigenvalue weighted by Crippen LogP contribution is -2.36. The molecule has 6 nitrogen and oxygen atoms in total. The first kappa shape index (κ1) is 19.9. The molecule has 1 aliphatic heterocycles. The monoisotopic (exact) mass is 387 g/mol. The standard InChI is InChI=1S/C17H25NO5S2/c1-5-16(24(19)20)15-8-6-7-9-18(15)25(21,22)17-12(2)10-14(23-4)11-13(17)3/h10-11H,5-9H2,1-4H3,(H,19,20). The molecule has 1 atom stereocenters. The Labute approximate surface area is 152 Å². The summed E-state index contributed by atoms with van der Waals surface area (Å²) >= 11 is -2.18. The normalized spacial score (nSPS) is 18.8. The van der Waals surface area contributed by atoms with Gasteiger partial charge in [-0.25, -0.2) is 12.6 Å². The van der Waals surface area contributed by atoms with Crippen LogP contribution in [-0.4, -0.2) is 35.1 Å². The number of hydrogen-bond donors (Lipinski definition) is 1. The van der Waals surface area contributed by atoms with Gasteiger partial charge >= 0.3 is 0 Å². The van der Waals surface area contributed by atoms with E-state index in [0.717, 1.165) is 12.8 Å². The Kier molecular flexibility index (Phi) is 6.29. The maximum absolute atomic E-state index is 13.4. The second-order valence-electron chi connectivity index (χ2n) is 6.10. The number of aryl methyl sites for hydroxylation is 2. The number of nitrogens with zero attached hydrogens (tertiary/aromatic N) is 1. The largest absolute Gasteiger partial charge is 0.497 e. The summed E-state index contributed by atoms with van der Waals surface area (Å²) in [6, 6.07) is 3.39. The van der Waals surface area contributed by atoms with Crippen molar-refractivity contribution in [1.82, 2.24) is 4.31 Å². The third kappa shape index (κ3) is 3.91. The van der Waals surface area contributed by atoms with Gasteiger partial charge in [0.2, 0.25) is 0 Å². The van der Waals surface area contributed by atoms with Gasteiger partial charge in [-0.05, 0) is 62.8 Å². The van der Waals surface area contributed by atoms with E-state index < -0.39 is 21.1 Å². The average Bonchev–Trinajstić information content (AvgIpc) is 2.54. The Balaban J connectivity index is 2.64. The molecule has 1 saturated heterocycles. The Morgan fingerprint density at radius 2 is 1.88 bits per heavy atom. The lowest BCUT2D eigenvalue weighted by atomic mass is 10.1. The number of sulfonamides is 1. The first-order valence-corrected chi connectivity index (χ1v) is 10.8. The molecule has 0 aromatic heterocycles. The summed E-state index contributed by atoms with van der Waals surface area (Å²) in [6.45, 7) is 5.56. The van der Waals surface area contributed by atoms with Crippen LogP contribution in [-0.2, 0) is 21.1 Å². The van der Waals surface area contributed by atoms with Crippen LogP contribution in [0.5, 0.6) is 5.75 Å². The van der Waals surface area contributed by atoms with Crippen molar-refractivity contribution < 1.29 is 21.9 Å². The van der Waals surface area contributed by atoms with E-state index in [1.165, 1.54) is 11.4 Å². The maximum Gasteiger partial charge on any atom is 0.264 e. The fourth-order valence-corrected chi connectivity index (χ4v) is 6.06. The van der Waals surface area contributed by atoms with Gasteiger partial charge in [-0.15, -0.1) is 0 Å². The Morgan fingerprint density at radius 1 is 1.28 bits per heavy atom. The summed E-state index contributed by atoms with van der Waals surface area (Å²) in [7, 11) is -2.27. The number of methoxy groups -OCH3 is 1.